The van der Waals surface area contributed by atoms with E-state index in [0.717, 1.165) is 5.56 Å². The van der Waals surface area contributed by atoms with Crippen molar-refractivity contribution in [1.29, 1.82) is 0 Å². The van der Waals surface area contributed by atoms with Crippen LogP contribution in [-0.2, 0) is 10.1 Å². The molecule has 0 spiro atoms. The summed E-state index contributed by atoms with van der Waals surface area (Å²) in [6.07, 6.45) is 1.24. The van der Waals surface area contributed by atoms with E-state index >= 15 is 0 Å². The van der Waals surface area contributed by atoms with Crippen LogP contribution in [0.4, 0.5) is 10.2 Å². The number of H-pyrrole nitrogens is 1. The number of aromatic nitrogens is 4. The summed E-state index contributed by atoms with van der Waals surface area (Å²) in [7, 11) is -4.02. The minimum absolute atomic E-state index is 0.0666. The molecule has 4 N–H and O–H groups in total. The molecule has 2 aromatic heterocycles. The number of ether oxygens (including phenoxy) is 1. The van der Waals surface area contributed by atoms with Crippen LogP contribution in [0, 0.1) is 12.7 Å². The van der Waals surface area contributed by atoms with Crippen molar-refractivity contribution in [3.8, 4) is 17.0 Å². The Kier molecular flexibility index (Phi) is 6.70. The summed E-state index contributed by atoms with van der Waals surface area (Å²) in [5.41, 5.74) is 8.43. The van der Waals surface area contributed by atoms with Crippen molar-refractivity contribution in [1.82, 2.24) is 20.2 Å². The zero-order valence-electron chi connectivity index (χ0n) is 17.6. The summed E-state index contributed by atoms with van der Waals surface area (Å²) in [6.45, 7) is 5.52. The number of hydrogen-bond acceptors (Lipinski definition) is 7. The summed E-state index contributed by atoms with van der Waals surface area (Å²) in [5, 5.41) is 7.44. The number of anilines is 1. The highest BCUT2D eigenvalue weighted by molar-refractivity contribution is 7.85. The van der Waals surface area contributed by atoms with E-state index in [9.17, 15) is 12.8 Å². The lowest BCUT2D eigenvalue weighted by atomic mass is 10.1. The van der Waals surface area contributed by atoms with Gasteiger partial charge in [0.15, 0.2) is 17.2 Å². The molecule has 0 unspecified atom stereocenters. The molecule has 11 heteroatoms. The first kappa shape index (κ1) is 23.1. The van der Waals surface area contributed by atoms with Gasteiger partial charge in [-0.15, -0.1) is 0 Å². The second-order valence-electron chi connectivity index (χ2n) is 7.16. The van der Waals surface area contributed by atoms with E-state index in [2.05, 4.69) is 20.2 Å². The van der Waals surface area contributed by atoms with Crippen LogP contribution in [0.15, 0.2) is 53.7 Å². The van der Waals surface area contributed by atoms with Gasteiger partial charge in [-0.3, -0.25) is 9.65 Å². The third-order valence-corrected chi connectivity index (χ3v) is 5.15. The van der Waals surface area contributed by atoms with Gasteiger partial charge in [-0.25, -0.2) is 14.4 Å². The summed E-state index contributed by atoms with van der Waals surface area (Å²) in [4.78, 5) is 7.88. The minimum atomic E-state index is -4.02. The number of aryl methyl sites for hydroxylation is 1. The SMILES string of the molecule is CC(C)Oc1ccc(-c2[nH]nc3ncnc(N)c23)cc1F.Cc1ccc(S(=O)(=O)O)cc1. The maximum absolute atomic E-state index is 14.1. The Bertz CT molecular complexity index is 1340. The van der Waals surface area contributed by atoms with Crippen LogP contribution < -0.4 is 10.5 Å². The number of nitrogens with zero attached hydrogens (tertiary/aromatic N) is 3. The van der Waals surface area contributed by atoms with Gasteiger partial charge in [0.25, 0.3) is 10.1 Å². The fourth-order valence-electron chi connectivity index (χ4n) is 2.80. The fourth-order valence-corrected chi connectivity index (χ4v) is 3.28. The Morgan fingerprint density at radius 3 is 2.41 bits per heavy atom. The Labute approximate surface area is 184 Å². The van der Waals surface area contributed by atoms with E-state index in [-0.39, 0.29) is 16.7 Å². The lowest BCUT2D eigenvalue weighted by Gasteiger charge is -2.11. The van der Waals surface area contributed by atoms with Crippen molar-refractivity contribution in [2.45, 2.75) is 31.8 Å². The van der Waals surface area contributed by atoms with Crippen molar-refractivity contribution in [2.24, 2.45) is 0 Å². The van der Waals surface area contributed by atoms with E-state index in [4.69, 9.17) is 15.0 Å². The number of aromatic amines is 1. The molecule has 4 rings (SSSR count). The molecular weight excluding hydrogens is 437 g/mol. The first-order valence-electron chi connectivity index (χ1n) is 9.51. The largest absolute Gasteiger partial charge is 0.488 e. The number of fused-ring (bicyclic) bond motifs is 1. The first-order chi connectivity index (χ1) is 15.1. The van der Waals surface area contributed by atoms with Crippen molar-refractivity contribution in [2.75, 3.05) is 5.73 Å². The molecule has 0 amide bonds. The molecule has 0 bridgehead atoms. The molecule has 0 aliphatic heterocycles. The van der Waals surface area contributed by atoms with E-state index < -0.39 is 15.9 Å². The van der Waals surface area contributed by atoms with Crippen LogP contribution in [0.25, 0.3) is 22.3 Å². The Morgan fingerprint density at radius 1 is 1.12 bits per heavy atom. The van der Waals surface area contributed by atoms with Gasteiger partial charge in [0.1, 0.15) is 12.1 Å². The van der Waals surface area contributed by atoms with E-state index in [1.807, 2.05) is 20.8 Å². The molecular formula is C21H22FN5O4S. The van der Waals surface area contributed by atoms with Gasteiger partial charge < -0.3 is 10.5 Å². The molecule has 9 nitrogen and oxygen atoms in total. The summed E-state index contributed by atoms with van der Waals surface area (Å²) >= 11 is 0. The number of benzene rings is 2. The molecule has 0 aliphatic rings. The van der Waals surface area contributed by atoms with Gasteiger partial charge in [-0.05, 0) is 51.1 Å². The maximum Gasteiger partial charge on any atom is 0.294 e. The van der Waals surface area contributed by atoms with E-state index in [1.165, 1.54) is 24.5 Å². The third kappa shape index (κ3) is 5.37. The van der Waals surface area contributed by atoms with Gasteiger partial charge in [0.2, 0.25) is 0 Å². The second-order valence-corrected chi connectivity index (χ2v) is 8.58. The lowest BCUT2D eigenvalue weighted by molar-refractivity contribution is 0.231. The predicted molar refractivity (Wildman–Crippen MR) is 118 cm³/mol. The Balaban J connectivity index is 0.000000222. The van der Waals surface area contributed by atoms with Gasteiger partial charge in [0, 0.05) is 5.56 Å². The average molecular weight is 460 g/mol. The molecule has 0 saturated heterocycles. The maximum atomic E-state index is 14.1. The van der Waals surface area contributed by atoms with Crippen molar-refractivity contribution >= 4 is 27.0 Å². The van der Waals surface area contributed by atoms with Crippen LogP contribution in [0.5, 0.6) is 5.75 Å². The number of nitrogens with two attached hydrogens (primary N) is 1. The van der Waals surface area contributed by atoms with Crippen LogP contribution in [-0.4, -0.2) is 39.2 Å². The number of nitrogens with one attached hydrogen (secondary N) is 1. The van der Waals surface area contributed by atoms with Gasteiger partial charge in [-0.2, -0.15) is 13.5 Å². The van der Waals surface area contributed by atoms with Crippen molar-refractivity contribution < 1.29 is 22.1 Å². The Morgan fingerprint density at radius 2 is 1.81 bits per heavy atom. The number of hydrogen-bond donors (Lipinski definition) is 3. The van der Waals surface area contributed by atoms with Crippen LogP contribution in [0.1, 0.15) is 19.4 Å². The quantitative estimate of drug-likeness (QED) is 0.391. The monoisotopic (exact) mass is 459 g/mol. The third-order valence-electron chi connectivity index (χ3n) is 4.28. The molecule has 0 aliphatic carbocycles. The minimum Gasteiger partial charge on any atom is -0.488 e. The van der Waals surface area contributed by atoms with Crippen LogP contribution in [0.2, 0.25) is 0 Å². The smallest absolute Gasteiger partial charge is 0.294 e. The highest BCUT2D eigenvalue weighted by atomic mass is 32.2. The molecule has 2 aromatic carbocycles. The average Bonchev–Trinajstić information content (AvgIpc) is 3.15. The van der Waals surface area contributed by atoms with Gasteiger partial charge in [0.05, 0.1) is 22.1 Å². The zero-order valence-corrected chi connectivity index (χ0v) is 18.4. The molecule has 0 atom stereocenters. The van der Waals surface area contributed by atoms with Gasteiger partial charge >= 0.3 is 0 Å². The molecule has 32 heavy (non-hydrogen) atoms. The predicted octanol–water partition coefficient (Wildman–Crippen LogP) is 3.77. The second kappa shape index (κ2) is 9.28. The molecule has 0 saturated carbocycles. The molecule has 0 fully saturated rings. The fraction of sp³-hybridized carbons (Fsp3) is 0.190. The topological polar surface area (TPSA) is 144 Å². The standard InChI is InChI=1S/C14H14FN5O.C7H8O3S/c1-7(2)21-10-4-3-8(5-9(10)15)12-11-13(16)17-6-18-14(11)20-19-12;1-6-2-4-7(5-3-6)11(8,9)10/h3-7H,1-2H3,(H3,16,17,18,19,20);2-5H,1H3,(H,8,9,10). The summed E-state index contributed by atoms with van der Waals surface area (Å²) in [6, 6.07) is 10.7. The zero-order chi connectivity index (χ0) is 23.5. The Hall–Kier alpha value is -3.57. The summed E-state index contributed by atoms with van der Waals surface area (Å²) in [5.74, 6) is 0.0628. The van der Waals surface area contributed by atoms with Crippen molar-refractivity contribution in [3.05, 3.63) is 60.2 Å². The molecule has 168 valence electrons. The molecule has 2 heterocycles. The molecule has 4 aromatic rings. The highest BCUT2D eigenvalue weighted by Gasteiger charge is 2.15. The first-order valence-corrected chi connectivity index (χ1v) is 11.0. The van der Waals surface area contributed by atoms with Crippen molar-refractivity contribution in [3.63, 3.8) is 0 Å². The summed E-state index contributed by atoms with van der Waals surface area (Å²) < 4.78 is 49.0. The van der Waals surface area contributed by atoms with E-state index in [0.29, 0.717) is 28.1 Å². The normalized spacial score (nSPS) is 11.3. The highest BCUT2D eigenvalue weighted by Crippen LogP contribution is 2.31. The van der Waals surface area contributed by atoms with Gasteiger partial charge in [-0.1, -0.05) is 17.7 Å². The van der Waals surface area contributed by atoms with E-state index in [1.54, 1.807) is 24.3 Å². The lowest BCUT2D eigenvalue weighted by Crippen LogP contribution is -2.06. The number of rotatable bonds is 4. The van der Waals surface area contributed by atoms with Crippen LogP contribution in [0.3, 0.4) is 0 Å². The number of halogens is 1. The van der Waals surface area contributed by atoms with Crippen LogP contribution >= 0.6 is 0 Å². The molecule has 0 radical (unpaired) electrons. The number of nitrogen functional groups attached to an aromatic ring is 1.